The van der Waals surface area contributed by atoms with Crippen molar-refractivity contribution in [1.82, 2.24) is 5.32 Å². The molecule has 0 aliphatic heterocycles. The van der Waals surface area contributed by atoms with Crippen LogP contribution in [0.3, 0.4) is 0 Å². The highest BCUT2D eigenvalue weighted by atomic mass is 31.2. The van der Waals surface area contributed by atoms with Gasteiger partial charge in [0.1, 0.15) is 36.6 Å². The third kappa shape index (κ3) is 17.4. The van der Waals surface area contributed by atoms with Gasteiger partial charge in [0.05, 0.1) is 31.3 Å². The first-order chi connectivity index (χ1) is 21.8. The number of hydrogen-bond donors (Lipinski definition) is 9. The van der Waals surface area contributed by atoms with E-state index in [1.165, 1.54) is 12.8 Å². The lowest BCUT2D eigenvalue weighted by molar-refractivity contribution is -0.220. The molecule has 272 valence electrons. The molecular formula is C32H62NO12P. The normalized spacial score (nSPS) is 26.9. The predicted octanol–water partition coefficient (Wildman–Crippen LogP) is 2.74. The number of carbonyl (C=O) groups is 1. The monoisotopic (exact) mass is 683 g/mol. The summed E-state index contributed by atoms with van der Waals surface area (Å²) in [6.07, 6.45) is 4.83. The summed E-state index contributed by atoms with van der Waals surface area (Å²) in [6, 6.07) is -1.15. The number of hydrogen-bond acceptors (Lipinski definition) is 11. The predicted molar refractivity (Wildman–Crippen MR) is 174 cm³/mol. The van der Waals surface area contributed by atoms with Crippen LogP contribution in [-0.4, -0.2) is 108 Å². The molecule has 0 aromatic carbocycles. The van der Waals surface area contributed by atoms with Gasteiger partial charge in [-0.15, -0.1) is 0 Å². The first-order valence-corrected chi connectivity index (χ1v) is 18.7. The number of aliphatic hydroxyl groups is 7. The number of carbonyl (C=O) groups excluding carboxylic acids is 1. The van der Waals surface area contributed by atoms with E-state index in [0.29, 0.717) is 12.8 Å². The smallest absolute Gasteiger partial charge is 0.393 e. The van der Waals surface area contributed by atoms with E-state index in [4.69, 9.17) is 9.05 Å². The second-order valence-corrected chi connectivity index (χ2v) is 14.0. The molecule has 1 aliphatic rings. The molecule has 13 nitrogen and oxygen atoms in total. The molecule has 0 heterocycles. The van der Waals surface area contributed by atoms with E-state index in [9.17, 15) is 50.0 Å². The molecule has 0 saturated heterocycles. The van der Waals surface area contributed by atoms with Crippen molar-refractivity contribution in [2.45, 2.75) is 178 Å². The van der Waals surface area contributed by atoms with Gasteiger partial charge in [0.25, 0.3) is 0 Å². The molecule has 9 N–H and O–H groups in total. The number of unbranched alkanes of at least 4 members (excludes halogenated alkanes) is 11. The van der Waals surface area contributed by atoms with E-state index in [0.717, 1.165) is 70.6 Å². The highest BCUT2D eigenvalue weighted by Gasteiger charge is 2.51. The Balaban J connectivity index is 2.71. The van der Waals surface area contributed by atoms with Gasteiger partial charge in [-0.2, -0.15) is 0 Å². The van der Waals surface area contributed by atoms with Crippen LogP contribution in [0.5, 0.6) is 0 Å². The number of amides is 1. The fourth-order valence-corrected chi connectivity index (χ4v) is 6.37. The minimum atomic E-state index is -5.10. The molecule has 1 rings (SSSR count). The van der Waals surface area contributed by atoms with Crippen molar-refractivity contribution in [3.05, 3.63) is 12.2 Å². The maximum absolute atomic E-state index is 12.8. The molecule has 0 aromatic rings. The fourth-order valence-electron chi connectivity index (χ4n) is 5.40. The summed E-state index contributed by atoms with van der Waals surface area (Å²) in [5.41, 5.74) is 0. The topological polar surface area (TPSA) is 226 Å². The van der Waals surface area contributed by atoms with Crippen molar-refractivity contribution in [2.75, 3.05) is 6.61 Å². The Bertz CT molecular complexity index is 864. The Morgan fingerprint density at radius 3 is 1.83 bits per heavy atom. The lowest BCUT2D eigenvalue weighted by Crippen LogP contribution is -2.64. The van der Waals surface area contributed by atoms with E-state index in [1.807, 2.05) is 0 Å². The summed E-state index contributed by atoms with van der Waals surface area (Å²) < 4.78 is 22.6. The van der Waals surface area contributed by atoms with Crippen molar-refractivity contribution < 1.29 is 59.0 Å². The van der Waals surface area contributed by atoms with Gasteiger partial charge in [-0.3, -0.25) is 13.8 Å². The zero-order chi connectivity index (χ0) is 34.5. The standard InChI is InChI=1S/C32H62NO12P/c1-3-5-7-9-11-13-15-17-19-23(34)21-26(36)33-24(25(35)20-18-16-14-12-10-8-6-4-2)22-44-46(42,43)45-32-30(40)28(38)27(37)29(39)31(32)41/h9,11,23-25,27-32,34-35,37-41H,3-8,10,12-22H2,1-2H3,(H,33,36)(H,42,43)/b11-9-. The highest BCUT2D eigenvalue weighted by Crippen LogP contribution is 2.47. The van der Waals surface area contributed by atoms with Crippen molar-refractivity contribution >= 4 is 13.7 Å². The SMILES string of the molecule is CCCC/C=C\CCCCC(O)CC(=O)NC(COP(=O)(O)OC1C(O)C(O)C(O)C(O)C1O)C(O)CCCCCCCCCC. The number of allylic oxidation sites excluding steroid dienone is 2. The molecule has 46 heavy (non-hydrogen) atoms. The van der Waals surface area contributed by atoms with Crippen molar-refractivity contribution in [1.29, 1.82) is 0 Å². The molecule has 1 amide bonds. The molecule has 0 bridgehead atoms. The number of nitrogens with one attached hydrogen (secondary N) is 1. The maximum Gasteiger partial charge on any atom is 0.472 e. The van der Waals surface area contributed by atoms with Gasteiger partial charge in [0.2, 0.25) is 5.91 Å². The average molecular weight is 684 g/mol. The number of aliphatic hydroxyl groups excluding tert-OH is 7. The summed E-state index contributed by atoms with van der Waals surface area (Å²) in [7, 11) is -5.10. The van der Waals surface area contributed by atoms with Crippen LogP contribution in [0.15, 0.2) is 12.2 Å². The van der Waals surface area contributed by atoms with Gasteiger partial charge in [-0.05, 0) is 32.1 Å². The van der Waals surface area contributed by atoms with E-state index < -0.39 is 75.2 Å². The van der Waals surface area contributed by atoms with E-state index in [1.54, 1.807) is 0 Å². The zero-order valence-corrected chi connectivity index (χ0v) is 28.6. The molecular weight excluding hydrogens is 621 g/mol. The summed E-state index contributed by atoms with van der Waals surface area (Å²) in [5.74, 6) is -0.581. The minimum absolute atomic E-state index is 0.237. The quantitative estimate of drug-likeness (QED) is 0.0365. The van der Waals surface area contributed by atoms with E-state index in [-0.39, 0.29) is 12.8 Å². The Hall–Kier alpha value is -0.960. The molecule has 0 radical (unpaired) electrons. The number of phosphoric ester groups is 1. The minimum Gasteiger partial charge on any atom is -0.393 e. The average Bonchev–Trinajstić information content (AvgIpc) is 3.01. The highest BCUT2D eigenvalue weighted by molar-refractivity contribution is 7.47. The summed E-state index contributed by atoms with van der Waals surface area (Å²) in [5, 5.41) is 73.7. The van der Waals surface area contributed by atoms with Gasteiger partial charge in [0, 0.05) is 0 Å². The van der Waals surface area contributed by atoms with Crippen LogP contribution in [0, 0.1) is 0 Å². The third-order valence-electron chi connectivity index (χ3n) is 8.38. The van der Waals surface area contributed by atoms with Crippen LogP contribution in [-0.2, 0) is 18.4 Å². The Morgan fingerprint density at radius 1 is 0.739 bits per heavy atom. The van der Waals surface area contributed by atoms with Gasteiger partial charge < -0.3 is 46.0 Å². The van der Waals surface area contributed by atoms with Crippen LogP contribution in [0.2, 0.25) is 0 Å². The van der Waals surface area contributed by atoms with Crippen molar-refractivity contribution in [2.24, 2.45) is 0 Å². The first kappa shape index (κ1) is 43.1. The summed E-state index contributed by atoms with van der Waals surface area (Å²) in [6.45, 7) is 3.60. The molecule has 1 fully saturated rings. The Labute approximate surface area is 274 Å². The number of phosphoric acid groups is 1. The van der Waals surface area contributed by atoms with Crippen molar-refractivity contribution in [3.8, 4) is 0 Å². The van der Waals surface area contributed by atoms with Crippen LogP contribution < -0.4 is 5.32 Å². The Kier molecular flexibility index (Phi) is 22.7. The van der Waals surface area contributed by atoms with Crippen LogP contribution in [0.1, 0.15) is 123 Å². The van der Waals surface area contributed by atoms with Gasteiger partial charge in [-0.25, -0.2) is 4.57 Å². The van der Waals surface area contributed by atoms with Crippen LogP contribution >= 0.6 is 7.82 Å². The van der Waals surface area contributed by atoms with Gasteiger partial charge in [0.15, 0.2) is 0 Å². The van der Waals surface area contributed by atoms with Crippen LogP contribution in [0.25, 0.3) is 0 Å². The van der Waals surface area contributed by atoms with Gasteiger partial charge in [-0.1, -0.05) is 96.6 Å². The molecule has 1 aliphatic carbocycles. The molecule has 8 atom stereocenters. The summed E-state index contributed by atoms with van der Waals surface area (Å²) in [4.78, 5) is 23.1. The second kappa shape index (κ2) is 24.2. The molecule has 14 heteroatoms. The second-order valence-electron chi connectivity index (χ2n) is 12.5. The summed E-state index contributed by atoms with van der Waals surface area (Å²) >= 11 is 0. The third-order valence-corrected chi connectivity index (χ3v) is 9.36. The first-order valence-electron chi connectivity index (χ1n) is 17.2. The number of rotatable bonds is 26. The van der Waals surface area contributed by atoms with E-state index >= 15 is 0 Å². The van der Waals surface area contributed by atoms with E-state index in [2.05, 4.69) is 31.3 Å². The van der Waals surface area contributed by atoms with Gasteiger partial charge >= 0.3 is 7.82 Å². The molecule has 0 aromatic heterocycles. The Morgan fingerprint density at radius 2 is 1.24 bits per heavy atom. The lowest BCUT2D eigenvalue weighted by atomic mass is 9.85. The van der Waals surface area contributed by atoms with Crippen molar-refractivity contribution in [3.63, 3.8) is 0 Å². The largest absolute Gasteiger partial charge is 0.472 e. The zero-order valence-electron chi connectivity index (χ0n) is 27.7. The fraction of sp³-hybridized carbons (Fsp3) is 0.906. The molecule has 8 unspecified atom stereocenters. The molecule has 0 spiro atoms. The lowest BCUT2D eigenvalue weighted by Gasteiger charge is -2.41. The maximum atomic E-state index is 12.8. The molecule has 1 saturated carbocycles. The van der Waals surface area contributed by atoms with Crippen LogP contribution in [0.4, 0.5) is 0 Å².